The highest BCUT2D eigenvalue weighted by molar-refractivity contribution is 6.14. The van der Waals surface area contributed by atoms with Crippen molar-refractivity contribution in [3.05, 3.63) is 34.4 Å². The molecule has 1 N–H and O–H groups in total. The van der Waals surface area contributed by atoms with Gasteiger partial charge in [0.25, 0.3) is 0 Å². The molecule has 3 nitrogen and oxygen atoms in total. The predicted octanol–water partition coefficient (Wildman–Crippen LogP) is 3.74. The van der Waals surface area contributed by atoms with E-state index in [4.69, 9.17) is 9.84 Å². The minimum atomic E-state index is -0.614. The summed E-state index contributed by atoms with van der Waals surface area (Å²) in [6.07, 6.45) is 7.39. The molecule has 1 aliphatic rings. The molecule has 0 aromatic carbocycles. The van der Waals surface area contributed by atoms with Crippen molar-refractivity contribution in [2.45, 2.75) is 59.0 Å². The number of rotatable bonds is 7. The maximum atomic E-state index is 12.7. The Morgan fingerprint density at radius 3 is 2.52 bits per heavy atom. The molecule has 0 aliphatic heterocycles. The van der Waals surface area contributed by atoms with Crippen LogP contribution in [0.15, 0.2) is 34.4 Å². The quantitative estimate of drug-likeness (QED) is 0.574. The largest absolute Gasteiger partial charge is 0.392 e. The Hall–Kier alpha value is -1.19. The molecule has 0 radical (unpaired) electrons. The van der Waals surface area contributed by atoms with Crippen molar-refractivity contribution in [2.24, 2.45) is 0 Å². The smallest absolute Gasteiger partial charge is 0.187 e. The third-order valence-corrected chi connectivity index (χ3v) is 4.55. The molecular weight excluding hydrogens is 264 g/mol. The third kappa shape index (κ3) is 3.53. The Morgan fingerprint density at radius 2 is 2.00 bits per heavy atom. The van der Waals surface area contributed by atoms with Crippen molar-refractivity contribution in [1.82, 2.24) is 0 Å². The minimum Gasteiger partial charge on any atom is -0.392 e. The fourth-order valence-electron chi connectivity index (χ4n) is 2.89. The van der Waals surface area contributed by atoms with E-state index in [2.05, 4.69) is 6.92 Å². The third-order valence-electron chi connectivity index (χ3n) is 4.55. The number of Topliss-reactive ketones (excluding diaryl/α,β-unsaturated/α-hetero) is 1. The number of carbonyl (C=O) groups is 1. The Bertz CT molecular complexity index is 483. The van der Waals surface area contributed by atoms with Gasteiger partial charge in [-0.25, -0.2) is 0 Å². The van der Waals surface area contributed by atoms with Gasteiger partial charge in [0.2, 0.25) is 0 Å². The molecule has 21 heavy (non-hydrogen) atoms. The number of hydrogen-bond donors (Lipinski definition) is 1. The second-order valence-corrected chi connectivity index (χ2v) is 5.76. The number of unbranched alkanes of at least 4 members (excludes halogenated alkanes) is 1. The van der Waals surface area contributed by atoms with Crippen LogP contribution in [-0.4, -0.2) is 30.2 Å². The molecule has 0 saturated heterocycles. The average molecular weight is 292 g/mol. The zero-order chi connectivity index (χ0) is 16.0. The van der Waals surface area contributed by atoms with Gasteiger partial charge in [0.05, 0.1) is 6.61 Å². The summed E-state index contributed by atoms with van der Waals surface area (Å²) in [7, 11) is 1.66. The first-order valence-electron chi connectivity index (χ1n) is 7.70. The topological polar surface area (TPSA) is 46.5 Å². The van der Waals surface area contributed by atoms with E-state index in [0.29, 0.717) is 6.42 Å². The summed E-state index contributed by atoms with van der Waals surface area (Å²) < 4.78 is 5.72. The van der Waals surface area contributed by atoms with Crippen LogP contribution in [0.5, 0.6) is 0 Å². The zero-order valence-electron chi connectivity index (χ0n) is 14.0. The lowest BCUT2D eigenvalue weighted by atomic mass is 9.86. The first kappa shape index (κ1) is 17.9. The molecule has 0 amide bonds. The molecule has 3 heteroatoms. The molecule has 1 aliphatic carbocycles. The lowest BCUT2D eigenvalue weighted by molar-refractivity contribution is -0.113. The standard InChI is InChI=1S/C18H28O3/c1-6-7-10-15(11-8-9-12-19)16-17(20)13(2)14(3)18(16,4)21-5/h8-9,19H,6-7,10-12H2,1-5H3/b9-8+,16-15+. The Kier molecular flexibility index (Phi) is 6.56. The summed E-state index contributed by atoms with van der Waals surface area (Å²) >= 11 is 0. The van der Waals surface area contributed by atoms with Gasteiger partial charge in [-0.2, -0.15) is 0 Å². The van der Waals surface area contributed by atoms with Gasteiger partial charge in [0.15, 0.2) is 5.78 Å². The highest BCUT2D eigenvalue weighted by Crippen LogP contribution is 2.42. The van der Waals surface area contributed by atoms with Gasteiger partial charge >= 0.3 is 0 Å². The molecule has 1 rings (SSSR count). The number of allylic oxidation sites excluding steroid dienone is 3. The van der Waals surface area contributed by atoms with Crippen molar-refractivity contribution in [3.63, 3.8) is 0 Å². The lowest BCUT2D eigenvalue weighted by Crippen LogP contribution is -2.31. The molecule has 0 spiro atoms. The predicted molar refractivity (Wildman–Crippen MR) is 86.2 cm³/mol. The van der Waals surface area contributed by atoms with Crippen molar-refractivity contribution >= 4 is 5.78 Å². The second kappa shape index (κ2) is 7.71. The van der Waals surface area contributed by atoms with Crippen LogP contribution in [0.1, 0.15) is 53.4 Å². The van der Waals surface area contributed by atoms with Crippen LogP contribution in [-0.2, 0) is 9.53 Å². The van der Waals surface area contributed by atoms with E-state index in [1.165, 1.54) is 0 Å². The fraction of sp³-hybridized carbons (Fsp3) is 0.611. The Morgan fingerprint density at radius 1 is 1.33 bits per heavy atom. The van der Waals surface area contributed by atoms with Crippen LogP contribution in [0.2, 0.25) is 0 Å². The number of aliphatic hydroxyl groups is 1. The van der Waals surface area contributed by atoms with Gasteiger partial charge < -0.3 is 9.84 Å². The molecule has 1 unspecified atom stereocenters. The lowest BCUT2D eigenvalue weighted by Gasteiger charge is -2.28. The van der Waals surface area contributed by atoms with E-state index in [1.54, 1.807) is 13.2 Å². The molecule has 0 bridgehead atoms. The summed E-state index contributed by atoms with van der Waals surface area (Å²) in [5, 5.41) is 8.90. The summed E-state index contributed by atoms with van der Waals surface area (Å²) in [5.74, 6) is 0.111. The van der Waals surface area contributed by atoms with Crippen LogP contribution in [0.4, 0.5) is 0 Å². The minimum absolute atomic E-state index is 0.0299. The molecule has 0 heterocycles. The van der Waals surface area contributed by atoms with Gasteiger partial charge in [-0.3, -0.25) is 4.79 Å². The van der Waals surface area contributed by atoms with E-state index in [1.807, 2.05) is 26.8 Å². The number of ketones is 1. The Labute approximate surface area is 128 Å². The van der Waals surface area contributed by atoms with Gasteiger partial charge in [-0.15, -0.1) is 0 Å². The maximum absolute atomic E-state index is 12.7. The fourth-order valence-corrected chi connectivity index (χ4v) is 2.89. The normalized spacial score (nSPS) is 25.3. The second-order valence-electron chi connectivity index (χ2n) is 5.76. The first-order chi connectivity index (χ1) is 9.93. The van der Waals surface area contributed by atoms with E-state index in [9.17, 15) is 4.79 Å². The number of ether oxygens (including phenoxy) is 1. The number of carbonyl (C=O) groups excluding carboxylic acids is 1. The summed E-state index contributed by atoms with van der Waals surface area (Å²) in [6, 6.07) is 0. The van der Waals surface area contributed by atoms with Crippen LogP contribution < -0.4 is 0 Å². The highest BCUT2D eigenvalue weighted by Gasteiger charge is 2.44. The van der Waals surface area contributed by atoms with Crippen molar-refractivity contribution in [2.75, 3.05) is 13.7 Å². The van der Waals surface area contributed by atoms with Crippen LogP contribution >= 0.6 is 0 Å². The van der Waals surface area contributed by atoms with Gasteiger partial charge in [-0.1, -0.05) is 31.1 Å². The summed E-state index contributed by atoms with van der Waals surface area (Å²) in [5.41, 5.74) is 3.12. The number of hydrogen-bond acceptors (Lipinski definition) is 3. The summed E-state index contributed by atoms with van der Waals surface area (Å²) in [6.45, 7) is 8.01. The van der Waals surface area contributed by atoms with E-state index in [-0.39, 0.29) is 12.4 Å². The van der Waals surface area contributed by atoms with Crippen molar-refractivity contribution < 1.29 is 14.6 Å². The van der Waals surface area contributed by atoms with Crippen LogP contribution in [0.25, 0.3) is 0 Å². The highest BCUT2D eigenvalue weighted by atomic mass is 16.5. The first-order valence-corrected chi connectivity index (χ1v) is 7.70. The van der Waals surface area contributed by atoms with Crippen LogP contribution in [0, 0.1) is 0 Å². The zero-order valence-corrected chi connectivity index (χ0v) is 14.0. The molecule has 0 aromatic heterocycles. The summed E-state index contributed by atoms with van der Waals surface area (Å²) in [4.78, 5) is 12.7. The molecule has 118 valence electrons. The average Bonchev–Trinajstić information content (AvgIpc) is 2.65. The van der Waals surface area contributed by atoms with Gasteiger partial charge in [-0.05, 0) is 51.2 Å². The van der Waals surface area contributed by atoms with Crippen LogP contribution in [0.3, 0.4) is 0 Å². The van der Waals surface area contributed by atoms with E-state index < -0.39 is 5.60 Å². The van der Waals surface area contributed by atoms with E-state index in [0.717, 1.165) is 41.6 Å². The maximum Gasteiger partial charge on any atom is 0.187 e. The number of aliphatic hydroxyl groups excluding tert-OH is 1. The monoisotopic (exact) mass is 292 g/mol. The van der Waals surface area contributed by atoms with Crippen molar-refractivity contribution in [3.8, 4) is 0 Å². The van der Waals surface area contributed by atoms with Crippen molar-refractivity contribution in [1.29, 1.82) is 0 Å². The molecule has 0 fully saturated rings. The SMILES string of the molecule is CCCC/C(C/C=C/CO)=C1/C(=O)C(C)=C(C)C1(C)OC. The Balaban J connectivity index is 3.29. The molecule has 0 saturated carbocycles. The van der Waals surface area contributed by atoms with E-state index >= 15 is 0 Å². The van der Waals surface area contributed by atoms with Gasteiger partial charge in [0.1, 0.15) is 5.60 Å². The number of methoxy groups -OCH3 is 1. The van der Waals surface area contributed by atoms with Gasteiger partial charge in [0, 0.05) is 12.7 Å². The molecular formula is C18H28O3. The molecule has 0 aromatic rings. The molecule has 1 atom stereocenters.